The number of nitrogens with zero attached hydrogens (tertiary/aromatic N) is 6. The molecule has 1 aliphatic carbocycles. The van der Waals surface area contributed by atoms with Crippen LogP contribution < -0.4 is 10.6 Å². The van der Waals surface area contributed by atoms with Crippen molar-refractivity contribution in [2.24, 2.45) is 4.99 Å². The van der Waals surface area contributed by atoms with Crippen molar-refractivity contribution in [1.82, 2.24) is 29.7 Å². The van der Waals surface area contributed by atoms with Crippen molar-refractivity contribution in [2.45, 2.75) is 51.0 Å². The van der Waals surface area contributed by atoms with E-state index in [1.807, 2.05) is 6.07 Å². The van der Waals surface area contributed by atoms with Crippen molar-refractivity contribution in [3.8, 4) is 0 Å². The molecule has 4 rings (SSSR count). The number of pyridine rings is 1. The van der Waals surface area contributed by atoms with Gasteiger partial charge in [0.05, 0.1) is 10.7 Å². The monoisotopic (exact) mass is 520 g/mol. The van der Waals surface area contributed by atoms with Crippen LogP contribution in [0.3, 0.4) is 0 Å². The van der Waals surface area contributed by atoms with Crippen molar-refractivity contribution in [1.29, 1.82) is 0 Å². The van der Waals surface area contributed by atoms with Crippen molar-refractivity contribution >= 4 is 52.0 Å². The van der Waals surface area contributed by atoms with Crippen LogP contribution in [0.5, 0.6) is 0 Å². The van der Waals surface area contributed by atoms with Crippen molar-refractivity contribution < 1.29 is 9.59 Å². The van der Waals surface area contributed by atoms with Crippen molar-refractivity contribution in [2.75, 3.05) is 32.5 Å². The zero-order valence-electron chi connectivity index (χ0n) is 21.2. The summed E-state index contributed by atoms with van der Waals surface area (Å²) in [6.07, 6.45) is 10.3. The lowest BCUT2D eigenvalue weighted by molar-refractivity contribution is 0.0815. The number of unbranched alkanes of at least 4 members (excludes halogenated alkanes) is 2. The van der Waals surface area contributed by atoms with E-state index in [1.165, 1.54) is 6.20 Å². The number of carbonyl (C=O) groups excluding carboxylic acids is 2. The SMILES string of the molecule is CN(C)C(=O)c1cc2cnc(Nc3ccc(C(=O)NCCCCCN=C=S)cn3)nc2n1C1CCCC1. The number of hydrogen-bond acceptors (Lipinski definition) is 8. The van der Waals surface area contributed by atoms with Gasteiger partial charge >= 0.3 is 0 Å². The van der Waals surface area contributed by atoms with E-state index < -0.39 is 0 Å². The Bertz CT molecular complexity index is 1290. The fraction of sp³-hybridized carbons (Fsp3) is 0.462. The first kappa shape index (κ1) is 26.4. The van der Waals surface area contributed by atoms with E-state index in [1.54, 1.807) is 37.3 Å². The number of amides is 2. The Morgan fingerprint density at radius 3 is 2.68 bits per heavy atom. The molecule has 3 aromatic rings. The van der Waals surface area contributed by atoms with Gasteiger partial charge in [-0.3, -0.25) is 9.59 Å². The number of hydrogen-bond donors (Lipinski definition) is 2. The van der Waals surface area contributed by atoms with Gasteiger partial charge in [0.15, 0.2) is 0 Å². The summed E-state index contributed by atoms with van der Waals surface area (Å²) in [7, 11) is 3.51. The number of rotatable bonds is 11. The molecule has 2 amide bonds. The third kappa shape index (κ3) is 6.55. The third-order valence-electron chi connectivity index (χ3n) is 6.45. The fourth-order valence-electron chi connectivity index (χ4n) is 4.55. The molecule has 0 aliphatic heterocycles. The average molecular weight is 521 g/mol. The summed E-state index contributed by atoms with van der Waals surface area (Å²) in [5, 5.41) is 9.21. The van der Waals surface area contributed by atoms with Gasteiger partial charge in [-0.05, 0) is 62.5 Å². The number of nitrogens with one attached hydrogen (secondary N) is 2. The molecule has 10 nitrogen and oxygen atoms in total. The quantitative estimate of drug-likeness (QED) is 0.219. The maximum Gasteiger partial charge on any atom is 0.270 e. The second-order valence-corrected chi connectivity index (χ2v) is 9.54. The Hall–Kier alpha value is -3.69. The lowest BCUT2D eigenvalue weighted by Crippen LogP contribution is -2.25. The Morgan fingerprint density at radius 1 is 1.16 bits per heavy atom. The average Bonchev–Trinajstić information content (AvgIpc) is 3.55. The topological polar surface area (TPSA) is 117 Å². The molecule has 0 aromatic carbocycles. The highest BCUT2D eigenvalue weighted by molar-refractivity contribution is 7.78. The Labute approximate surface area is 221 Å². The Kier molecular flexibility index (Phi) is 8.92. The second kappa shape index (κ2) is 12.5. The molecule has 0 atom stereocenters. The van der Waals surface area contributed by atoms with Crippen LogP contribution in [0, 0.1) is 0 Å². The second-order valence-electron chi connectivity index (χ2n) is 9.36. The molecule has 1 saturated carbocycles. The van der Waals surface area contributed by atoms with E-state index in [4.69, 9.17) is 4.98 Å². The highest BCUT2D eigenvalue weighted by Gasteiger charge is 2.26. The van der Waals surface area contributed by atoms with Gasteiger partial charge in [0, 0.05) is 51.0 Å². The number of isothiocyanates is 1. The van der Waals surface area contributed by atoms with E-state index >= 15 is 0 Å². The van der Waals surface area contributed by atoms with Crippen LogP contribution in [0.4, 0.5) is 11.8 Å². The van der Waals surface area contributed by atoms with Crippen LogP contribution in [0.1, 0.15) is 71.8 Å². The zero-order valence-corrected chi connectivity index (χ0v) is 22.1. The highest BCUT2D eigenvalue weighted by atomic mass is 32.1. The van der Waals surface area contributed by atoms with Gasteiger partial charge in [-0.2, -0.15) is 4.98 Å². The molecule has 0 radical (unpaired) electrons. The first-order valence-electron chi connectivity index (χ1n) is 12.6. The summed E-state index contributed by atoms with van der Waals surface area (Å²) >= 11 is 4.54. The summed E-state index contributed by atoms with van der Waals surface area (Å²) in [6, 6.07) is 5.56. The molecule has 2 N–H and O–H groups in total. The molecule has 194 valence electrons. The van der Waals surface area contributed by atoms with Crippen LogP contribution in [0.15, 0.2) is 35.6 Å². The predicted molar refractivity (Wildman–Crippen MR) is 147 cm³/mol. The van der Waals surface area contributed by atoms with Crippen LogP contribution >= 0.6 is 12.2 Å². The maximum atomic E-state index is 12.9. The van der Waals surface area contributed by atoms with E-state index in [9.17, 15) is 9.59 Å². The molecule has 3 heterocycles. The largest absolute Gasteiger partial charge is 0.352 e. The molecule has 0 bridgehead atoms. The molecule has 3 aromatic heterocycles. The van der Waals surface area contributed by atoms with Crippen LogP contribution in [0.2, 0.25) is 0 Å². The minimum Gasteiger partial charge on any atom is -0.352 e. The first-order chi connectivity index (χ1) is 18.0. The summed E-state index contributed by atoms with van der Waals surface area (Å²) < 4.78 is 2.07. The molecular weight excluding hydrogens is 488 g/mol. The van der Waals surface area contributed by atoms with Gasteiger partial charge in [-0.25, -0.2) is 15.0 Å². The molecule has 0 spiro atoms. The highest BCUT2D eigenvalue weighted by Crippen LogP contribution is 2.34. The molecule has 1 aliphatic rings. The molecule has 1 fully saturated rings. The van der Waals surface area contributed by atoms with Crippen molar-refractivity contribution in [3.05, 3.63) is 41.9 Å². The predicted octanol–water partition coefficient (Wildman–Crippen LogP) is 4.39. The summed E-state index contributed by atoms with van der Waals surface area (Å²) in [5.41, 5.74) is 1.85. The number of fused-ring (bicyclic) bond motifs is 1. The standard InChI is InChI=1S/C26H32N8O2S/c1-33(2)25(36)21-14-19-16-30-26(32-23(19)34(21)20-8-4-5-9-20)31-22-11-10-18(15-29-22)24(35)28-13-7-3-6-12-27-17-37/h10-11,14-16,20H,3-9,12-13H2,1-2H3,(H,28,35)(H,29,30,31,32). The molecule has 37 heavy (non-hydrogen) atoms. The summed E-state index contributed by atoms with van der Waals surface area (Å²) in [4.78, 5) is 44.3. The number of aromatic nitrogens is 4. The van der Waals surface area contributed by atoms with Gasteiger partial charge in [0.2, 0.25) is 5.95 Å². The lowest BCUT2D eigenvalue weighted by atomic mass is 10.2. The Morgan fingerprint density at radius 2 is 1.97 bits per heavy atom. The number of anilines is 2. The van der Waals surface area contributed by atoms with E-state index in [-0.39, 0.29) is 17.9 Å². The van der Waals surface area contributed by atoms with E-state index in [0.717, 1.165) is 56.0 Å². The van der Waals surface area contributed by atoms with Crippen LogP contribution in [-0.2, 0) is 0 Å². The van der Waals surface area contributed by atoms with Gasteiger partial charge in [0.25, 0.3) is 11.8 Å². The van der Waals surface area contributed by atoms with Gasteiger partial charge in [0.1, 0.15) is 17.2 Å². The third-order valence-corrected chi connectivity index (χ3v) is 6.58. The summed E-state index contributed by atoms with van der Waals surface area (Å²) in [5.74, 6) is 0.700. The van der Waals surface area contributed by atoms with E-state index in [2.05, 4.69) is 47.5 Å². The minimum absolute atomic E-state index is 0.0461. The zero-order chi connectivity index (χ0) is 26.2. The molecule has 11 heteroatoms. The molecule has 0 saturated heterocycles. The van der Waals surface area contributed by atoms with Gasteiger partial charge in [-0.1, -0.05) is 12.8 Å². The first-order valence-corrected chi connectivity index (χ1v) is 13.0. The smallest absolute Gasteiger partial charge is 0.270 e. The molecular formula is C26H32N8O2S. The van der Waals surface area contributed by atoms with Crippen LogP contribution in [-0.4, -0.2) is 68.6 Å². The normalized spacial score (nSPS) is 13.4. The maximum absolute atomic E-state index is 12.9. The fourth-order valence-corrected chi connectivity index (χ4v) is 4.64. The number of thiocarbonyl (C=S) groups is 1. The van der Waals surface area contributed by atoms with E-state index in [0.29, 0.717) is 36.1 Å². The summed E-state index contributed by atoms with van der Waals surface area (Å²) in [6.45, 7) is 1.27. The lowest BCUT2D eigenvalue weighted by Gasteiger charge is -2.19. The molecule has 0 unspecified atom stereocenters. The number of aliphatic imine (C=N–C) groups is 1. The Balaban J connectivity index is 1.43. The van der Waals surface area contributed by atoms with Gasteiger partial charge in [-0.15, -0.1) is 0 Å². The van der Waals surface area contributed by atoms with Crippen LogP contribution in [0.25, 0.3) is 11.0 Å². The minimum atomic E-state index is -0.166. The van der Waals surface area contributed by atoms with Gasteiger partial charge < -0.3 is 20.1 Å². The number of carbonyl (C=O) groups is 2. The van der Waals surface area contributed by atoms with Crippen molar-refractivity contribution in [3.63, 3.8) is 0 Å².